The van der Waals surface area contributed by atoms with Gasteiger partial charge in [-0.15, -0.1) is 12.4 Å². The molecule has 0 fully saturated rings. The van der Waals surface area contributed by atoms with E-state index >= 15 is 0 Å². The van der Waals surface area contributed by atoms with Gasteiger partial charge in [-0.2, -0.15) is 0 Å². The van der Waals surface area contributed by atoms with Gasteiger partial charge in [-0.3, -0.25) is 4.79 Å². The molecule has 0 bridgehead atoms. The second-order valence-corrected chi connectivity index (χ2v) is 7.35. The molecule has 0 aromatic heterocycles. The third-order valence-corrected chi connectivity index (χ3v) is 5.20. The third-order valence-electron chi connectivity index (χ3n) is 4.96. The quantitative estimate of drug-likeness (QED) is 0.647. The van der Waals surface area contributed by atoms with Crippen LogP contribution in [0, 0.1) is 0 Å². The fourth-order valence-corrected chi connectivity index (χ4v) is 3.70. The van der Waals surface area contributed by atoms with E-state index in [1.165, 1.54) is 11.1 Å². The number of nitrogens with one attached hydrogen (secondary N) is 1. The molecule has 2 aromatic rings. The zero-order valence-electron chi connectivity index (χ0n) is 15.0. The van der Waals surface area contributed by atoms with Crippen molar-refractivity contribution in [2.24, 2.45) is 0 Å². The van der Waals surface area contributed by atoms with Crippen LogP contribution in [0.1, 0.15) is 41.2 Å². The number of fused-ring (bicyclic) bond motifs is 1. The van der Waals surface area contributed by atoms with Crippen LogP contribution in [-0.4, -0.2) is 28.8 Å². The summed E-state index contributed by atoms with van der Waals surface area (Å²) >= 11 is 5.99. The van der Waals surface area contributed by atoms with Gasteiger partial charge >= 0.3 is 5.97 Å². The first-order chi connectivity index (χ1) is 12.5. The minimum atomic E-state index is -0.766. The average Bonchev–Trinajstić information content (AvgIpc) is 2.64. The molecule has 146 valence electrons. The maximum Gasteiger partial charge on any atom is 0.303 e. The fraction of sp³-hybridized carbons (Fsp3) is 0.381. The van der Waals surface area contributed by atoms with Gasteiger partial charge < -0.3 is 15.5 Å². The smallest absolute Gasteiger partial charge is 0.303 e. The maximum atomic E-state index is 10.8. The highest BCUT2D eigenvalue weighted by molar-refractivity contribution is 6.30. The Labute approximate surface area is 171 Å². The van der Waals surface area contributed by atoms with Gasteiger partial charge in [0.2, 0.25) is 0 Å². The summed E-state index contributed by atoms with van der Waals surface area (Å²) in [5.74, 6) is -0.766. The number of halogens is 2. The molecule has 1 aliphatic carbocycles. The average molecular weight is 410 g/mol. The molecule has 0 heterocycles. The van der Waals surface area contributed by atoms with Gasteiger partial charge in [-0.05, 0) is 60.1 Å². The molecule has 6 heteroatoms. The molecule has 0 amide bonds. The topological polar surface area (TPSA) is 69.6 Å². The number of carboxylic acid groups (broad SMARTS) is 1. The first-order valence-corrected chi connectivity index (χ1v) is 9.38. The molecule has 0 saturated heterocycles. The second kappa shape index (κ2) is 10.1. The molecule has 3 rings (SSSR count). The Hall–Kier alpha value is -1.59. The summed E-state index contributed by atoms with van der Waals surface area (Å²) in [4.78, 5) is 10.8. The zero-order valence-corrected chi connectivity index (χ0v) is 16.6. The van der Waals surface area contributed by atoms with Gasteiger partial charge in [0.25, 0.3) is 0 Å². The molecule has 0 radical (unpaired) electrons. The van der Waals surface area contributed by atoms with Crippen molar-refractivity contribution in [3.63, 3.8) is 0 Å². The summed E-state index contributed by atoms with van der Waals surface area (Å²) in [5.41, 5.74) is 4.52. The summed E-state index contributed by atoms with van der Waals surface area (Å²) in [6, 6.07) is 13.9. The Morgan fingerprint density at radius 1 is 1.22 bits per heavy atom. The highest BCUT2D eigenvalue weighted by atomic mass is 35.5. The maximum absolute atomic E-state index is 10.8. The standard InChI is InChI=1S/C21H24ClNO3.ClH/c22-18-3-1-2-16(11-18)20(24)13-23-19-8-7-15-6-4-14(5-9-21(25)26)10-17(15)12-19;/h1-4,6,10-11,19-20,23-24H,5,7-9,12-13H2,(H,25,26);1H. The van der Waals surface area contributed by atoms with Crippen LogP contribution in [0.5, 0.6) is 0 Å². The Kier molecular flexibility index (Phi) is 8.11. The molecular weight excluding hydrogens is 385 g/mol. The van der Waals surface area contributed by atoms with E-state index in [4.69, 9.17) is 16.7 Å². The largest absolute Gasteiger partial charge is 0.481 e. The normalized spacial score (nSPS) is 16.9. The van der Waals surface area contributed by atoms with Crippen molar-refractivity contribution in [3.8, 4) is 0 Å². The summed E-state index contributed by atoms with van der Waals surface area (Å²) in [6.45, 7) is 0.485. The highest BCUT2D eigenvalue weighted by Crippen LogP contribution is 2.24. The first-order valence-electron chi connectivity index (χ1n) is 9.00. The van der Waals surface area contributed by atoms with E-state index in [0.717, 1.165) is 30.4 Å². The number of aryl methyl sites for hydroxylation is 2. The Morgan fingerprint density at radius 2 is 2.04 bits per heavy atom. The van der Waals surface area contributed by atoms with E-state index in [9.17, 15) is 9.90 Å². The Balaban J connectivity index is 0.00000261. The number of carbonyl (C=O) groups is 1. The van der Waals surface area contributed by atoms with Crippen LogP contribution in [0.25, 0.3) is 0 Å². The van der Waals surface area contributed by atoms with Gasteiger partial charge in [0.05, 0.1) is 6.10 Å². The lowest BCUT2D eigenvalue weighted by molar-refractivity contribution is -0.136. The van der Waals surface area contributed by atoms with Gasteiger partial charge in [0.1, 0.15) is 0 Å². The van der Waals surface area contributed by atoms with E-state index < -0.39 is 12.1 Å². The number of rotatable bonds is 7. The zero-order chi connectivity index (χ0) is 18.5. The Bertz CT molecular complexity index is 782. The molecule has 27 heavy (non-hydrogen) atoms. The molecule has 1 aliphatic rings. The van der Waals surface area contributed by atoms with E-state index in [-0.39, 0.29) is 18.8 Å². The van der Waals surface area contributed by atoms with E-state index in [1.807, 2.05) is 18.2 Å². The lowest BCUT2D eigenvalue weighted by Crippen LogP contribution is -2.37. The van der Waals surface area contributed by atoms with Crippen LogP contribution in [-0.2, 0) is 24.1 Å². The predicted molar refractivity (Wildman–Crippen MR) is 110 cm³/mol. The van der Waals surface area contributed by atoms with Crippen molar-refractivity contribution in [1.29, 1.82) is 0 Å². The molecule has 0 saturated carbocycles. The summed E-state index contributed by atoms with van der Waals surface area (Å²) < 4.78 is 0. The van der Waals surface area contributed by atoms with Crippen LogP contribution in [0.4, 0.5) is 0 Å². The van der Waals surface area contributed by atoms with E-state index in [2.05, 4.69) is 17.4 Å². The molecule has 2 atom stereocenters. The number of aliphatic hydroxyl groups excluding tert-OH is 1. The van der Waals surface area contributed by atoms with Crippen molar-refractivity contribution >= 4 is 30.0 Å². The predicted octanol–water partition coefficient (Wildman–Crippen LogP) is 3.96. The first kappa shape index (κ1) is 21.7. The molecule has 2 unspecified atom stereocenters. The lowest BCUT2D eigenvalue weighted by atomic mass is 9.86. The minimum Gasteiger partial charge on any atom is -0.481 e. The SMILES string of the molecule is Cl.O=C(O)CCc1ccc2c(c1)CC(NCC(O)c1cccc(Cl)c1)CC2. The summed E-state index contributed by atoms with van der Waals surface area (Å²) in [6.07, 6.45) is 3.07. The Morgan fingerprint density at radius 3 is 2.78 bits per heavy atom. The molecule has 2 aromatic carbocycles. The number of benzene rings is 2. The van der Waals surface area contributed by atoms with E-state index in [1.54, 1.807) is 12.1 Å². The summed E-state index contributed by atoms with van der Waals surface area (Å²) in [7, 11) is 0. The van der Waals surface area contributed by atoms with Gasteiger partial charge in [0.15, 0.2) is 0 Å². The number of hydrogen-bond acceptors (Lipinski definition) is 3. The molecule has 4 nitrogen and oxygen atoms in total. The summed E-state index contributed by atoms with van der Waals surface area (Å²) in [5, 5.41) is 23.3. The number of aliphatic carboxylic acids is 1. The minimum absolute atomic E-state index is 0. The molecular formula is C21H25Cl2NO3. The van der Waals surface area contributed by atoms with E-state index in [0.29, 0.717) is 24.0 Å². The molecule has 0 aliphatic heterocycles. The second-order valence-electron chi connectivity index (χ2n) is 6.92. The van der Waals surface area contributed by atoms with Crippen molar-refractivity contribution in [3.05, 3.63) is 69.7 Å². The number of hydrogen-bond donors (Lipinski definition) is 3. The van der Waals surface area contributed by atoms with Gasteiger partial charge in [0, 0.05) is 24.0 Å². The number of carboxylic acids is 1. The van der Waals surface area contributed by atoms with Gasteiger partial charge in [-0.1, -0.05) is 41.9 Å². The number of aliphatic hydroxyl groups is 1. The molecule has 3 N–H and O–H groups in total. The van der Waals surface area contributed by atoms with Crippen molar-refractivity contribution in [2.75, 3.05) is 6.54 Å². The van der Waals surface area contributed by atoms with Gasteiger partial charge in [-0.25, -0.2) is 0 Å². The van der Waals surface area contributed by atoms with Crippen LogP contribution < -0.4 is 5.32 Å². The highest BCUT2D eigenvalue weighted by Gasteiger charge is 2.20. The fourth-order valence-electron chi connectivity index (χ4n) is 3.50. The monoisotopic (exact) mass is 409 g/mol. The third kappa shape index (κ3) is 6.22. The van der Waals surface area contributed by atoms with Crippen LogP contribution in [0.3, 0.4) is 0 Å². The van der Waals surface area contributed by atoms with Crippen LogP contribution in [0.2, 0.25) is 5.02 Å². The molecule has 0 spiro atoms. The lowest BCUT2D eigenvalue weighted by Gasteiger charge is -2.27. The van der Waals surface area contributed by atoms with Crippen LogP contribution >= 0.6 is 24.0 Å². The van der Waals surface area contributed by atoms with Crippen molar-refractivity contribution in [1.82, 2.24) is 5.32 Å². The van der Waals surface area contributed by atoms with Crippen molar-refractivity contribution < 1.29 is 15.0 Å². The van der Waals surface area contributed by atoms with Crippen molar-refractivity contribution in [2.45, 2.75) is 44.2 Å². The van der Waals surface area contributed by atoms with Crippen LogP contribution in [0.15, 0.2) is 42.5 Å².